The standard InChI is InChI=1S/C20H32N2O4/c1-14(2)11-17(22-19(25)26-20(3,4)5)18(24)21-16(13-23)12-15-9-7-6-8-10-15/h6-10,14,16-17,23H,11-13H2,1-5H3,(H,21,24)(H,22,25)/t16-,17-/m0/s1. The molecule has 0 saturated carbocycles. The van der Waals surface area contributed by atoms with Gasteiger partial charge in [0.2, 0.25) is 5.91 Å². The Bertz CT molecular complexity index is 567. The topological polar surface area (TPSA) is 87.7 Å². The van der Waals surface area contributed by atoms with E-state index in [1.54, 1.807) is 20.8 Å². The maximum Gasteiger partial charge on any atom is 0.408 e. The third kappa shape index (κ3) is 8.85. The second-order valence-corrected chi connectivity index (χ2v) is 7.91. The Morgan fingerprint density at radius 3 is 2.23 bits per heavy atom. The summed E-state index contributed by atoms with van der Waals surface area (Å²) in [6, 6.07) is 8.50. The predicted molar refractivity (Wildman–Crippen MR) is 102 cm³/mol. The Kier molecular flexibility index (Phi) is 8.58. The monoisotopic (exact) mass is 364 g/mol. The fourth-order valence-electron chi connectivity index (χ4n) is 2.51. The van der Waals surface area contributed by atoms with E-state index in [1.807, 2.05) is 44.2 Å². The minimum Gasteiger partial charge on any atom is -0.444 e. The SMILES string of the molecule is CC(C)C[C@H](NC(=O)OC(C)(C)C)C(=O)N[C@H](CO)Cc1ccccc1. The zero-order valence-corrected chi connectivity index (χ0v) is 16.4. The number of alkyl carbamates (subject to hydrolysis) is 1. The molecule has 6 heteroatoms. The van der Waals surface area contributed by atoms with Crippen LogP contribution in [0.1, 0.15) is 46.6 Å². The van der Waals surface area contributed by atoms with Crippen molar-refractivity contribution in [1.82, 2.24) is 10.6 Å². The molecule has 0 aliphatic carbocycles. The number of amides is 2. The summed E-state index contributed by atoms with van der Waals surface area (Å²) < 4.78 is 5.25. The molecule has 0 aliphatic rings. The van der Waals surface area contributed by atoms with Crippen molar-refractivity contribution in [3.05, 3.63) is 35.9 Å². The fourth-order valence-corrected chi connectivity index (χ4v) is 2.51. The van der Waals surface area contributed by atoms with E-state index < -0.39 is 23.8 Å². The summed E-state index contributed by atoms with van der Waals surface area (Å²) in [7, 11) is 0. The molecule has 0 aliphatic heterocycles. The minimum absolute atomic E-state index is 0.179. The Hall–Kier alpha value is -2.08. The van der Waals surface area contributed by atoms with E-state index in [9.17, 15) is 14.7 Å². The number of rotatable bonds is 8. The Morgan fingerprint density at radius 2 is 1.73 bits per heavy atom. The fraction of sp³-hybridized carbons (Fsp3) is 0.600. The van der Waals surface area contributed by atoms with Gasteiger partial charge in [-0.25, -0.2) is 4.79 Å². The molecule has 0 bridgehead atoms. The number of nitrogens with one attached hydrogen (secondary N) is 2. The van der Waals surface area contributed by atoms with Gasteiger partial charge in [0.05, 0.1) is 12.6 Å². The molecule has 1 aromatic carbocycles. The second kappa shape index (κ2) is 10.2. The highest BCUT2D eigenvalue weighted by Gasteiger charge is 2.26. The first-order chi connectivity index (χ1) is 12.1. The average molecular weight is 364 g/mol. The molecule has 0 spiro atoms. The largest absolute Gasteiger partial charge is 0.444 e. The van der Waals surface area contributed by atoms with Crippen molar-refractivity contribution in [2.45, 2.75) is 65.1 Å². The number of carbonyl (C=O) groups excluding carboxylic acids is 2. The van der Waals surface area contributed by atoms with Gasteiger partial charge in [-0.15, -0.1) is 0 Å². The number of aliphatic hydroxyl groups excluding tert-OH is 1. The van der Waals surface area contributed by atoms with Gasteiger partial charge in [0.15, 0.2) is 0 Å². The lowest BCUT2D eigenvalue weighted by Crippen LogP contribution is -2.52. The number of carbonyl (C=O) groups is 2. The Morgan fingerprint density at radius 1 is 1.12 bits per heavy atom. The van der Waals surface area contributed by atoms with Crippen LogP contribution in [0.25, 0.3) is 0 Å². The van der Waals surface area contributed by atoms with E-state index in [-0.39, 0.29) is 18.4 Å². The van der Waals surface area contributed by atoms with Crippen molar-refractivity contribution in [2.24, 2.45) is 5.92 Å². The molecule has 3 N–H and O–H groups in total. The van der Waals surface area contributed by atoms with Gasteiger partial charge < -0.3 is 20.5 Å². The van der Waals surface area contributed by atoms with Gasteiger partial charge in [0.1, 0.15) is 11.6 Å². The van der Waals surface area contributed by atoms with Gasteiger partial charge in [0, 0.05) is 0 Å². The van der Waals surface area contributed by atoms with Crippen molar-refractivity contribution in [1.29, 1.82) is 0 Å². The quantitative estimate of drug-likeness (QED) is 0.662. The van der Waals surface area contributed by atoms with Crippen LogP contribution < -0.4 is 10.6 Å². The average Bonchev–Trinajstić information content (AvgIpc) is 2.52. The molecule has 0 aromatic heterocycles. The molecule has 1 aromatic rings. The molecule has 0 fully saturated rings. The number of benzene rings is 1. The van der Waals surface area contributed by atoms with Crippen LogP contribution in [0.2, 0.25) is 0 Å². The van der Waals surface area contributed by atoms with Crippen molar-refractivity contribution in [3.8, 4) is 0 Å². The number of ether oxygens (including phenoxy) is 1. The van der Waals surface area contributed by atoms with Crippen LogP contribution >= 0.6 is 0 Å². The summed E-state index contributed by atoms with van der Waals surface area (Å²) in [5.74, 6) is -0.109. The summed E-state index contributed by atoms with van der Waals surface area (Å²) in [5.41, 5.74) is 0.386. The van der Waals surface area contributed by atoms with Gasteiger partial charge in [-0.3, -0.25) is 4.79 Å². The summed E-state index contributed by atoms with van der Waals surface area (Å²) in [5, 5.41) is 15.1. The van der Waals surface area contributed by atoms with Gasteiger partial charge in [-0.2, -0.15) is 0 Å². The summed E-state index contributed by atoms with van der Waals surface area (Å²) in [4.78, 5) is 24.7. The molecule has 26 heavy (non-hydrogen) atoms. The summed E-state index contributed by atoms with van der Waals surface area (Å²) in [6.45, 7) is 9.08. The van der Waals surface area contributed by atoms with E-state index in [2.05, 4.69) is 10.6 Å². The van der Waals surface area contributed by atoms with Crippen molar-refractivity contribution < 1.29 is 19.4 Å². The third-order valence-corrected chi connectivity index (χ3v) is 3.61. The molecule has 0 saturated heterocycles. The first kappa shape index (κ1) is 22.0. The molecule has 0 heterocycles. The maximum absolute atomic E-state index is 12.6. The van der Waals surface area contributed by atoms with Crippen LogP contribution in [-0.4, -0.2) is 41.4 Å². The summed E-state index contributed by atoms with van der Waals surface area (Å²) >= 11 is 0. The van der Waals surface area contributed by atoms with Crippen LogP contribution in [-0.2, 0) is 16.0 Å². The second-order valence-electron chi connectivity index (χ2n) is 7.91. The lowest BCUT2D eigenvalue weighted by molar-refractivity contribution is -0.124. The van der Waals surface area contributed by atoms with Gasteiger partial charge in [-0.05, 0) is 45.1 Å². The van der Waals surface area contributed by atoms with Gasteiger partial charge >= 0.3 is 6.09 Å². The number of hydrogen-bond donors (Lipinski definition) is 3. The van der Waals surface area contributed by atoms with E-state index in [4.69, 9.17) is 4.74 Å². The van der Waals surface area contributed by atoms with Crippen LogP contribution in [0.15, 0.2) is 30.3 Å². The normalized spacial score (nSPS) is 13.8. The van der Waals surface area contributed by atoms with Crippen molar-refractivity contribution in [2.75, 3.05) is 6.61 Å². The van der Waals surface area contributed by atoms with Crippen LogP contribution in [0.5, 0.6) is 0 Å². The molecular formula is C20H32N2O4. The summed E-state index contributed by atoms with van der Waals surface area (Å²) in [6.07, 6.45) is 0.375. The van der Waals surface area contributed by atoms with E-state index in [0.717, 1.165) is 5.56 Å². The first-order valence-corrected chi connectivity index (χ1v) is 9.05. The van der Waals surface area contributed by atoms with E-state index in [0.29, 0.717) is 12.8 Å². The Balaban J connectivity index is 2.72. The molecule has 2 amide bonds. The number of hydrogen-bond acceptors (Lipinski definition) is 4. The lowest BCUT2D eigenvalue weighted by Gasteiger charge is -2.26. The van der Waals surface area contributed by atoms with E-state index >= 15 is 0 Å². The minimum atomic E-state index is -0.713. The molecule has 1 rings (SSSR count). The highest BCUT2D eigenvalue weighted by molar-refractivity contribution is 5.85. The van der Waals surface area contributed by atoms with Crippen LogP contribution in [0.4, 0.5) is 4.79 Å². The zero-order valence-electron chi connectivity index (χ0n) is 16.4. The molecule has 0 unspecified atom stereocenters. The molecule has 146 valence electrons. The van der Waals surface area contributed by atoms with Crippen molar-refractivity contribution in [3.63, 3.8) is 0 Å². The molecule has 6 nitrogen and oxygen atoms in total. The lowest BCUT2D eigenvalue weighted by atomic mass is 10.0. The predicted octanol–water partition coefficient (Wildman–Crippen LogP) is 2.65. The third-order valence-electron chi connectivity index (χ3n) is 3.61. The highest BCUT2D eigenvalue weighted by Crippen LogP contribution is 2.10. The maximum atomic E-state index is 12.6. The van der Waals surface area contributed by atoms with E-state index in [1.165, 1.54) is 0 Å². The smallest absolute Gasteiger partial charge is 0.408 e. The Labute approximate surface area is 156 Å². The zero-order chi connectivity index (χ0) is 19.7. The van der Waals surface area contributed by atoms with Gasteiger partial charge in [0.25, 0.3) is 0 Å². The molecule has 0 radical (unpaired) electrons. The van der Waals surface area contributed by atoms with Crippen LogP contribution in [0, 0.1) is 5.92 Å². The molecule has 2 atom stereocenters. The first-order valence-electron chi connectivity index (χ1n) is 9.05. The van der Waals surface area contributed by atoms with Gasteiger partial charge in [-0.1, -0.05) is 44.2 Å². The number of aliphatic hydroxyl groups is 1. The van der Waals surface area contributed by atoms with Crippen LogP contribution in [0.3, 0.4) is 0 Å². The highest BCUT2D eigenvalue weighted by atomic mass is 16.6. The van der Waals surface area contributed by atoms with Crippen molar-refractivity contribution >= 4 is 12.0 Å². The molecular weight excluding hydrogens is 332 g/mol.